The molecule has 0 saturated carbocycles. The van der Waals surface area contributed by atoms with E-state index in [9.17, 15) is 0 Å². The average molecular weight is 142 g/mol. The highest BCUT2D eigenvalue weighted by atomic mass is 32.1. The molecule has 0 atom stereocenters. The van der Waals surface area contributed by atoms with Gasteiger partial charge in [-0.25, -0.2) is 0 Å². The lowest BCUT2D eigenvalue weighted by Crippen LogP contribution is -1.67. The summed E-state index contributed by atoms with van der Waals surface area (Å²) >= 11 is 3.88. The summed E-state index contributed by atoms with van der Waals surface area (Å²) in [6, 6.07) is 4.22. The average Bonchev–Trinajstić information content (AvgIpc) is 1.80. The lowest BCUT2D eigenvalue weighted by molar-refractivity contribution is 0.442. The van der Waals surface area contributed by atoms with Crippen molar-refractivity contribution in [2.75, 3.05) is 0 Å². The molecule has 1 rings (SSSR count). The van der Waals surface area contributed by atoms with E-state index >= 15 is 0 Å². The summed E-state index contributed by atoms with van der Waals surface area (Å²) in [5.41, 5.74) is 0. The van der Waals surface area contributed by atoms with E-state index in [0.29, 0.717) is 4.90 Å². The van der Waals surface area contributed by atoms with Crippen LogP contribution >= 0.6 is 12.6 Å². The van der Waals surface area contributed by atoms with Crippen LogP contribution in [-0.2, 0) is 0 Å². The molecule has 48 valence electrons. The zero-order chi connectivity index (χ0) is 6.85. The maximum Gasteiger partial charge on any atom is 0.132 e. The van der Waals surface area contributed by atoms with Crippen molar-refractivity contribution in [2.45, 2.75) is 4.90 Å². The number of hydrogen-bond donors (Lipinski definition) is 3. The minimum Gasteiger partial charge on any atom is -0.508 e. The third-order valence-corrected chi connectivity index (χ3v) is 1.34. The van der Waals surface area contributed by atoms with Crippen LogP contribution in [0.25, 0.3) is 0 Å². The number of phenols is 2. The van der Waals surface area contributed by atoms with Gasteiger partial charge >= 0.3 is 0 Å². The number of benzene rings is 1. The van der Waals surface area contributed by atoms with Crippen LogP contribution in [0.3, 0.4) is 0 Å². The highest BCUT2D eigenvalue weighted by molar-refractivity contribution is 7.80. The Hall–Kier alpha value is -0.830. The Morgan fingerprint density at radius 3 is 2.33 bits per heavy atom. The monoisotopic (exact) mass is 142 g/mol. The molecule has 9 heavy (non-hydrogen) atoms. The molecule has 0 radical (unpaired) electrons. The lowest BCUT2D eigenvalue weighted by Gasteiger charge is -1.95. The van der Waals surface area contributed by atoms with Crippen LogP contribution in [0.15, 0.2) is 23.1 Å². The van der Waals surface area contributed by atoms with E-state index in [1.54, 1.807) is 0 Å². The molecule has 0 aromatic heterocycles. The molecule has 0 aliphatic heterocycles. The predicted molar refractivity (Wildman–Crippen MR) is 37.0 cm³/mol. The second-order valence-electron chi connectivity index (χ2n) is 1.67. The normalized spacial score (nSPS) is 9.44. The van der Waals surface area contributed by atoms with E-state index in [1.165, 1.54) is 18.2 Å². The van der Waals surface area contributed by atoms with Gasteiger partial charge in [0.15, 0.2) is 0 Å². The van der Waals surface area contributed by atoms with E-state index in [2.05, 4.69) is 12.6 Å². The summed E-state index contributed by atoms with van der Waals surface area (Å²) in [4.78, 5) is 0.466. The molecule has 0 aliphatic carbocycles. The summed E-state index contributed by atoms with van der Waals surface area (Å²) in [5, 5.41) is 17.6. The number of thiol groups is 1. The summed E-state index contributed by atoms with van der Waals surface area (Å²) in [7, 11) is 0. The van der Waals surface area contributed by atoms with Crippen molar-refractivity contribution in [3.8, 4) is 11.5 Å². The van der Waals surface area contributed by atoms with E-state index in [4.69, 9.17) is 10.2 Å². The van der Waals surface area contributed by atoms with Crippen LogP contribution < -0.4 is 0 Å². The molecule has 0 heterocycles. The van der Waals surface area contributed by atoms with E-state index in [1.807, 2.05) is 0 Å². The fourth-order valence-corrected chi connectivity index (χ4v) is 0.651. The Balaban J connectivity index is 3.17. The Bertz CT molecular complexity index is 222. The molecule has 0 unspecified atom stereocenters. The molecule has 2 nitrogen and oxygen atoms in total. The highest BCUT2D eigenvalue weighted by Gasteiger charge is 1.94. The molecular weight excluding hydrogens is 136 g/mol. The first-order valence-corrected chi connectivity index (χ1v) is 2.86. The van der Waals surface area contributed by atoms with Gasteiger partial charge in [0.1, 0.15) is 11.5 Å². The van der Waals surface area contributed by atoms with Gasteiger partial charge in [-0.05, 0) is 12.1 Å². The van der Waals surface area contributed by atoms with Crippen LogP contribution in [0.2, 0.25) is 0 Å². The second kappa shape index (κ2) is 2.19. The molecule has 3 heteroatoms. The Morgan fingerprint density at radius 1 is 1.22 bits per heavy atom. The van der Waals surface area contributed by atoms with Crippen LogP contribution in [-0.4, -0.2) is 10.2 Å². The van der Waals surface area contributed by atoms with Gasteiger partial charge in [0.25, 0.3) is 0 Å². The molecular formula is C6H6O2S. The summed E-state index contributed by atoms with van der Waals surface area (Å²) in [6.45, 7) is 0. The number of hydrogen-bond acceptors (Lipinski definition) is 3. The topological polar surface area (TPSA) is 40.5 Å². The first-order chi connectivity index (χ1) is 4.20. The van der Waals surface area contributed by atoms with Crippen LogP contribution in [0.5, 0.6) is 11.5 Å². The first kappa shape index (κ1) is 6.29. The SMILES string of the molecule is Oc1ccc(S)c(O)c1. The Morgan fingerprint density at radius 2 is 1.89 bits per heavy atom. The fraction of sp³-hybridized carbons (Fsp3) is 0. The maximum absolute atomic E-state index is 8.86. The number of aromatic hydroxyl groups is 2. The summed E-state index contributed by atoms with van der Waals surface area (Å²) in [6.07, 6.45) is 0. The van der Waals surface area contributed by atoms with Crippen LogP contribution in [0.4, 0.5) is 0 Å². The van der Waals surface area contributed by atoms with Crippen molar-refractivity contribution in [1.82, 2.24) is 0 Å². The molecule has 0 spiro atoms. The van der Waals surface area contributed by atoms with Crippen molar-refractivity contribution < 1.29 is 10.2 Å². The van der Waals surface area contributed by atoms with Gasteiger partial charge in [0.2, 0.25) is 0 Å². The van der Waals surface area contributed by atoms with Crippen molar-refractivity contribution >= 4 is 12.6 Å². The van der Waals surface area contributed by atoms with Crippen molar-refractivity contribution in [2.24, 2.45) is 0 Å². The Labute approximate surface area is 58.2 Å². The molecule has 0 saturated heterocycles. The summed E-state index contributed by atoms with van der Waals surface area (Å²) in [5.74, 6) is 0.0450. The minimum absolute atomic E-state index is 0.00154. The zero-order valence-corrected chi connectivity index (χ0v) is 5.47. The van der Waals surface area contributed by atoms with Gasteiger partial charge in [-0.1, -0.05) is 0 Å². The lowest BCUT2D eigenvalue weighted by atomic mass is 10.3. The zero-order valence-electron chi connectivity index (χ0n) is 4.57. The number of phenolic OH excluding ortho intramolecular Hbond substituents is 2. The van der Waals surface area contributed by atoms with Gasteiger partial charge in [0.05, 0.1) is 0 Å². The molecule has 0 bridgehead atoms. The van der Waals surface area contributed by atoms with Gasteiger partial charge in [-0.15, -0.1) is 12.6 Å². The maximum atomic E-state index is 8.86. The van der Waals surface area contributed by atoms with Gasteiger partial charge in [-0.3, -0.25) is 0 Å². The van der Waals surface area contributed by atoms with Crippen molar-refractivity contribution in [1.29, 1.82) is 0 Å². The fourth-order valence-electron chi connectivity index (χ4n) is 0.512. The number of rotatable bonds is 0. The standard InChI is InChI=1S/C6H6O2S/c7-4-1-2-6(9)5(8)3-4/h1-3,7-9H. The smallest absolute Gasteiger partial charge is 0.132 e. The quantitative estimate of drug-likeness (QED) is 0.479. The predicted octanol–water partition coefficient (Wildman–Crippen LogP) is 1.39. The third kappa shape index (κ3) is 1.29. The highest BCUT2D eigenvalue weighted by Crippen LogP contribution is 2.24. The van der Waals surface area contributed by atoms with Gasteiger partial charge in [0, 0.05) is 11.0 Å². The van der Waals surface area contributed by atoms with E-state index < -0.39 is 0 Å². The first-order valence-electron chi connectivity index (χ1n) is 2.41. The largest absolute Gasteiger partial charge is 0.508 e. The van der Waals surface area contributed by atoms with Gasteiger partial charge in [-0.2, -0.15) is 0 Å². The molecule has 0 aliphatic rings. The van der Waals surface area contributed by atoms with E-state index in [-0.39, 0.29) is 11.5 Å². The van der Waals surface area contributed by atoms with Crippen molar-refractivity contribution in [3.63, 3.8) is 0 Å². The molecule has 0 amide bonds. The molecule has 2 N–H and O–H groups in total. The summed E-state index contributed by atoms with van der Waals surface area (Å²) < 4.78 is 0. The molecule has 0 fully saturated rings. The molecule has 1 aromatic carbocycles. The molecule has 1 aromatic rings. The minimum atomic E-state index is -0.00154. The van der Waals surface area contributed by atoms with E-state index in [0.717, 1.165) is 0 Å². The third-order valence-electron chi connectivity index (χ3n) is 0.959. The van der Waals surface area contributed by atoms with Crippen molar-refractivity contribution in [3.05, 3.63) is 18.2 Å². The van der Waals surface area contributed by atoms with Gasteiger partial charge < -0.3 is 10.2 Å². The van der Waals surface area contributed by atoms with Crippen LogP contribution in [0, 0.1) is 0 Å². The Kier molecular flexibility index (Phi) is 1.53. The second-order valence-corrected chi connectivity index (χ2v) is 2.15. The van der Waals surface area contributed by atoms with Crippen LogP contribution in [0.1, 0.15) is 0 Å².